The average molecular weight is 106 g/mol. The van der Waals surface area contributed by atoms with Crippen LogP contribution in [0.1, 0.15) is 12.8 Å². The zero-order chi connectivity index (χ0) is 6.24. The Morgan fingerprint density at radius 3 is 1.62 bits per heavy atom. The minimum atomic E-state index is 0.786. The third-order valence-corrected chi connectivity index (χ3v) is 0.618. The van der Waals surface area contributed by atoms with Crippen molar-refractivity contribution in [1.29, 1.82) is 0 Å². The van der Waals surface area contributed by atoms with E-state index >= 15 is 0 Å². The summed E-state index contributed by atoms with van der Waals surface area (Å²) in [6.45, 7) is 7.06. The first kappa shape index (κ1) is 7.04. The summed E-state index contributed by atoms with van der Waals surface area (Å²) in [5.74, 6) is 5.79. The van der Waals surface area contributed by atoms with Crippen molar-refractivity contribution in [2.45, 2.75) is 12.8 Å². The van der Waals surface area contributed by atoms with E-state index in [-0.39, 0.29) is 0 Å². The molecule has 0 aromatic carbocycles. The molecule has 0 bridgehead atoms. The van der Waals surface area contributed by atoms with Gasteiger partial charge in [-0.1, -0.05) is 24.0 Å². The molecule has 0 rings (SSSR count). The highest BCUT2D eigenvalue weighted by Crippen LogP contribution is 1.77. The first-order chi connectivity index (χ1) is 3.91. The van der Waals surface area contributed by atoms with E-state index in [0.717, 1.165) is 12.8 Å². The molecular weight excluding hydrogens is 96.1 g/mol. The van der Waals surface area contributed by atoms with Crippen LogP contribution in [0.4, 0.5) is 0 Å². The molecule has 0 amide bonds. The fourth-order valence-corrected chi connectivity index (χ4v) is 0.289. The molecule has 0 aliphatic heterocycles. The van der Waals surface area contributed by atoms with E-state index in [9.17, 15) is 0 Å². The van der Waals surface area contributed by atoms with Crippen LogP contribution >= 0.6 is 0 Å². The highest BCUT2D eigenvalue weighted by Gasteiger charge is 1.62. The van der Waals surface area contributed by atoms with Gasteiger partial charge >= 0.3 is 0 Å². The monoisotopic (exact) mass is 106 g/mol. The lowest BCUT2D eigenvalue weighted by atomic mass is 10.4. The number of rotatable bonds is 2. The molecule has 42 valence electrons. The summed E-state index contributed by atoms with van der Waals surface area (Å²) in [4.78, 5) is 0. The summed E-state index contributed by atoms with van der Waals surface area (Å²) in [6, 6.07) is 0. The first-order valence-corrected chi connectivity index (χ1v) is 2.59. The normalized spacial score (nSPS) is 6.50. The minimum Gasteiger partial charge on any atom is -0.102 e. The SMILES string of the molecule is C=CCC#CCC=C. The van der Waals surface area contributed by atoms with Crippen LogP contribution in [0.2, 0.25) is 0 Å². The summed E-state index contributed by atoms with van der Waals surface area (Å²) in [6.07, 6.45) is 5.15. The van der Waals surface area contributed by atoms with Crippen molar-refractivity contribution < 1.29 is 0 Å². The molecule has 0 nitrogen and oxygen atoms in total. The lowest BCUT2D eigenvalue weighted by molar-refractivity contribution is 1.43. The van der Waals surface area contributed by atoms with E-state index in [1.165, 1.54) is 0 Å². The average Bonchev–Trinajstić information content (AvgIpc) is 1.81. The van der Waals surface area contributed by atoms with Crippen LogP contribution in [0.5, 0.6) is 0 Å². The van der Waals surface area contributed by atoms with Gasteiger partial charge in [0.2, 0.25) is 0 Å². The number of allylic oxidation sites excluding steroid dienone is 2. The Morgan fingerprint density at radius 2 is 1.38 bits per heavy atom. The Kier molecular flexibility index (Phi) is 5.32. The van der Waals surface area contributed by atoms with Gasteiger partial charge in [-0.2, -0.15) is 0 Å². The highest BCUT2D eigenvalue weighted by atomic mass is 13.7. The third-order valence-electron chi connectivity index (χ3n) is 0.618. The molecule has 8 heavy (non-hydrogen) atoms. The molecule has 0 heteroatoms. The second kappa shape index (κ2) is 6.04. The van der Waals surface area contributed by atoms with E-state index in [2.05, 4.69) is 25.0 Å². The third kappa shape index (κ3) is 5.04. The van der Waals surface area contributed by atoms with Crippen LogP contribution in [0.25, 0.3) is 0 Å². The smallest absolute Gasteiger partial charge is 0.0267 e. The van der Waals surface area contributed by atoms with Crippen LogP contribution in [0.3, 0.4) is 0 Å². The Labute approximate surface area is 50.9 Å². The maximum absolute atomic E-state index is 3.53. The first-order valence-electron chi connectivity index (χ1n) is 2.59. The van der Waals surface area contributed by atoms with Crippen LogP contribution in [-0.4, -0.2) is 0 Å². The maximum Gasteiger partial charge on any atom is 0.0267 e. The fraction of sp³-hybridized carbons (Fsp3) is 0.250. The molecule has 0 unspecified atom stereocenters. The largest absolute Gasteiger partial charge is 0.102 e. The molecule has 0 saturated carbocycles. The van der Waals surface area contributed by atoms with E-state index in [0.29, 0.717) is 0 Å². The van der Waals surface area contributed by atoms with Gasteiger partial charge in [-0.05, 0) is 0 Å². The molecular formula is C8H10. The quantitative estimate of drug-likeness (QED) is 0.373. The molecule has 0 aromatic heterocycles. The van der Waals surface area contributed by atoms with Crippen molar-refractivity contribution in [2.24, 2.45) is 0 Å². The van der Waals surface area contributed by atoms with E-state index in [1.54, 1.807) is 12.2 Å². The molecule has 0 fully saturated rings. The van der Waals surface area contributed by atoms with Crippen LogP contribution in [0.15, 0.2) is 25.3 Å². The van der Waals surface area contributed by atoms with E-state index in [1.807, 2.05) is 0 Å². The summed E-state index contributed by atoms with van der Waals surface area (Å²) in [5, 5.41) is 0. The van der Waals surface area contributed by atoms with E-state index < -0.39 is 0 Å². The van der Waals surface area contributed by atoms with Crippen LogP contribution in [-0.2, 0) is 0 Å². The lowest BCUT2D eigenvalue weighted by Crippen LogP contribution is -1.56. The second-order valence-electron chi connectivity index (χ2n) is 1.34. The molecule has 0 aliphatic carbocycles. The summed E-state index contributed by atoms with van der Waals surface area (Å²) in [7, 11) is 0. The van der Waals surface area contributed by atoms with Gasteiger partial charge < -0.3 is 0 Å². The van der Waals surface area contributed by atoms with Crippen molar-refractivity contribution in [1.82, 2.24) is 0 Å². The van der Waals surface area contributed by atoms with Crippen molar-refractivity contribution in [3.63, 3.8) is 0 Å². The number of hydrogen-bond donors (Lipinski definition) is 0. The summed E-state index contributed by atoms with van der Waals surface area (Å²) < 4.78 is 0. The molecule has 0 radical (unpaired) electrons. The summed E-state index contributed by atoms with van der Waals surface area (Å²) >= 11 is 0. The fourth-order valence-electron chi connectivity index (χ4n) is 0.289. The second-order valence-corrected chi connectivity index (χ2v) is 1.34. The topological polar surface area (TPSA) is 0 Å². The van der Waals surface area contributed by atoms with Crippen molar-refractivity contribution in [2.75, 3.05) is 0 Å². The molecule has 0 atom stereocenters. The highest BCUT2D eigenvalue weighted by molar-refractivity contribution is 5.05. The Bertz CT molecular complexity index is 107. The predicted molar refractivity (Wildman–Crippen MR) is 37.4 cm³/mol. The zero-order valence-electron chi connectivity index (χ0n) is 4.98. The van der Waals surface area contributed by atoms with Gasteiger partial charge in [-0.15, -0.1) is 13.2 Å². The van der Waals surface area contributed by atoms with E-state index in [4.69, 9.17) is 0 Å². The molecule has 0 spiro atoms. The lowest BCUT2D eigenvalue weighted by Gasteiger charge is -1.70. The van der Waals surface area contributed by atoms with Gasteiger partial charge in [-0.25, -0.2) is 0 Å². The molecule has 0 aliphatic rings. The standard InChI is InChI=1S/C8H10/c1-3-5-7-8-6-4-2/h3-4H,1-2,5-6H2. The zero-order valence-corrected chi connectivity index (χ0v) is 4.98. The Hall–Kier alpha value is -0.960. The Balaban J connectivity index is 3.19. The molecule has 0 N–H and O–H groups in total. The summed E-state index contributed by atoms with van der Waals surface area (Å²) in [5.41, 5.74) is 0. The van der Waals surface area contributed by atoms with Gasteiger partial charge in [0.25, 0.3) is 0 Å². The molecule has 0 heterocycles. The van der Waals surface area contributed by atoms with Gasteiger partial charge in [0.05, 0.1) is 0 Å². The van der Waals surface area contributed by atoms with Crippen molar-refractivity contribution >= 4 is 0 Å². The van der Waals surface area contributed by atoms with Gasteiger partial charge in [-0.3, -0.25) is 0 Å². The van der Waals surface area contributed by atoms with Crippen molar-refractivity contribution in [3.05, 3.63) is 25.3 Å². The van der Waals surface area contributed by atoms with Crippen LogP contribution in [0, 0.1) is 11.8 Å². The molecule has 0 aromatic rings. The predicted octanol–water partition coefficient (Wildman–Crippen LogP) is 2.14. The molecule has 0 saturated heterocycles. The van der Waals surface area contributed by atoms with Gasteiger partial charge in [0.1, 0.15) is 0 Å². The van der Waals surface area contributed by atoms with Gasteiger partial charge in [0.15, 0.2) is 0 Å². The van der Waals surface area contributed by atoms with Crippen molar-refractivity contribution in [3.8, 4) is 11.8 Å². The minimum absolute atomic E-state index is 0.786. The van der Waals surface area contributed by atoms with Gasteiger partial charge in [0, 0.05) is 12.8 Å². The van der Waals surface area contributed by atoms with Crippen LogP contribution < -0.4 is 0 Å². The Morgan fingerprint density at radius 1 is 1.00 bits per heavy atom. The maximum atomic E-state index is 3.53. The number of hydrogen-bond acceptors (Lipinski definition) is 0.